The average Bonchev–Trinajstić information content (AvgIpc) is 3.00. The first kappa shape index (κ1) is 19.8. The van der Waals surface area contributed by atoms with Gasteiger partial charge in [0.15, 0.2) is 0 Å². The number of carbonyl (C=O) groups is 3. The average molecular weight is 399 g/mol. The molecule has 8 heteroatoms. The van der Waals surface area contributed by atoms with Crippen molar-refractivity contribution in [2.45, 2.75) is 12.5 Å². The van der Waals surface area contributed by atoms with Gasteiger partial charge < -0.3 is 20.3 Å². The molecule has 1 unspecified atom stereocenters. The SMILES string of the molecule is CN(CCOc1ccc(CC2NC(=O)SC2=O)cc1)C(=O)Nc1ccccc1. The van der Waals surface area contributed by atoms with E-state index in [4.69, 9.17) is 4.74 Å². The lowest BCUT2D eigenvalue weighted by molar-refractivity contribution is -0.112. The van der Waals surface area contributed by atoms with Crippen LogP contribution in [0.15, 0.2) is 54.6 Å². The van der Waals surface area contributed by atoms with E-state index in [-0.39, 0.29) is 16.4 Å². The van der Waals surface area contributed by atoms with Gasteiger partial charge in [-0.1, -0.05) is 30.3 Å². The second kappa shape index (κ2) is 9.27. The first-order chi connectivity index (χ1) is 13.5. The Hall–Kier alpha value is -3.00. The number of ether oxygens (including phenoxy) is 1. The van der Waals surface area contributed by atoms with Crippen LogP contribution in [0.5, 0.6) is 5.75 Å². The van der Waals surface area contributed by atoms with Gasteiger partial charge in [-0.05, 0) is 29.8 Å². The summed E-state index contributed by atoms with van der Waals surface area (Å²) in [7, 11) is 1.70. The standard InChI is InChI=1S/C20H21N3O4S/c1-23(19(25)21-15-5-3-2-4-6-15)11-12-27-16-9-7-14(8-10-16)13-17-18(24)28-20(26)22-17/h2-10,17H,11-13H2,1H3,(H,21,25)(H,22,26). The fourth-order valence-corrected chi connectivity index (χ4v) is 3.30. The Morgan fingerprint density at radius 2 is 1.86 bits per heavy atom. The summed E-state index contributed by atoms with van der Waals surface area (Å²) < 4.78 is 5.68. The van der Waals surface area contributed by atoms with Gasteiger partial charge in [0.05, 0.1) is 6.54 Å². The second-order valence-electron chi connectivity index (χ2n) is 6.32. The molecule has 1 atom stereocenters. The summed E-state index contributed by atoms with van der Waals surface area (Å²) in [5.41, 5.74) is 1.68. The quantitative estimate of drug-likeness (QED) is 0.747. The third-order valence-electron chi connectivity index (χ3n) is 4.20. The molecule has 1 saturated heterocycles. The molecule has 2 N–H and O–H groups in total. The molecule has 0 bridgehead atoms. The topological polar surface area (TPSA) is 87.7 Å². The largest absolute Gasteiger partial charge is 0.492 e. The summed E-state index contributed by atoms with van der Waals surface area (Å²) in [6.07, 6.45) is 0.459. The lowest BCUT2D eigenvalue weighted by Crippen LogP contribution is -2.34. The maximum absolute atomic E-state index is 12.1. The summed E-state index contributed by atoms with van der Waals surface area (Å²) >= 11 is 0.716. The molecule has 0 spiro atoms. The van der Waals surface area contributed by atoms with Crippen LogP contribution in [0.2, 0.25) is 0 Å². The van der Waals surface area contributed by atoms with Crippen LogP contribution < -0.4 is 15.4 Å². The molecule has 1 aliphatic heterocycles. The lowest BCUT2D eigenvalue weighted by atomic mass is 10.1. The highest BCUT2D eigenvalue weighted by Crippen LogP contribution is 2.20. The minimum atomic E-state index is -0.471. The number of likely N-dealkylation sites (N-methyl/N-ethyl adjacent to an activating group) is 1. The van der Waals surface area contributed by atoms with Gasteiger partial charge in [0, 0.05) is 30.9 Å². The molecule has 146 valence electrons. The van der Waals surface area contributed by atoms with Crippen molar-refractivity contribution in [3.05, 3.63) is 60.2 Å². The van der Waals surface area contributed by atoms with Crippen LogP contribution >= 0.6 is 11.8 Å². The number of hydrogen-bond acceptors (Lipinski definition) is 5. The highest BCUT2D eigenvalue weighted by atomic mass is 32.2. The predicted octanol–water partition coefficient (Wildman–Crippen LogP) is 3.12. The number of benzene rings is 2. The number of nitrogens with one attached hydrogen (secondary N) is 2. The van der Waals surface area contributed by atoms with E-state index in [1.807, 2.05) is 54.6 Å². The van der Waals surface area contributed by atoms with E-state index in [0.29, 0.717) is 37.1 Å². The number of amides is 3. The molecule has 0 radical (unpaired) electrons. The number of para-hydroxylation sites is 1. The lowest BCUT2D eigenvalue weighted by Gasteiger charge is -2.18. The molecule has 3 rings (SSSR count). The zero-order chi connectivity index (χ0) is 19.9. The van der Waals surface area contributed by atoms with Crippen molar-refractivity contribution >= 4 is 33.8 Å². The van der Waals surface area contributed by atoms with Crippen molar-refractivity contribution in [2.75, 3.05) is 25.5 Å². The molecular weight excluding hydrogens is 378 g/mol. The number of urea groups is 1. The van der Waals surface area contributed by atoms with Gasteiger partial charge in [0.1, 0.15) is 18.4 Å². The third-order valence-corrected chi connectivity index (χ3v) is 4.99. The zero-order valence-corrected chi connectivity index (χ0v) is 16.2. The maximum Gasteiger partial charge on any atom is 0.321 e. The Kier molecular flexibility index (Phi) is 6.54. The highest BCUT2D eigenvalue weighted by Gasteiger charge is 2.31. The Labute approximate surface area is 167 Å². The second-order valence-corrected chi connectivity index (χ2v) is 7.30. The predicted molar refractivity (Wildman–Crippen MR) is 109 cm³/mol. The van der Waals surface area contributed by atoms with E-state index >= 15 is 0 Å². The van der Waals surface area contributed by atoms with Gasteiger partial charge in [-0.3, -0.25) is 9.59 Å². The van der Waals surface area contributed by atoms with Gasteiger partial charge in [-0.25, -0.2) is 4.79 Å². The van der Waals surface area contributed by atoms with Crippen molar-refractivity contribution in [3.63, 3.8) is 0 Å². The van der Waals surface area contributed by atoms with Crippen molar-refractivity contribution < 1.29 is 19.1 Å². The van der Waals surface area contributed by atoms with Crippen molar-refractivity contribution in [3.8, 4) is 5.75 Å². The molecule has 1 aliphatic rings. The molecule has 0 aromatic heterocycles. The summed E-state index contributed by atoms with van der Waals surface area (Å²) in [6, 6.07) is 15.9. The molecule has 2 aromatic rings. The summed E-state index contributed by atoms with van der Waals surface area (Å²) in [6.45, 7) is 0.784. The number of nitrogens with zero attached hydrogens (tertiary/aromatic N) is 1. The molecular formula is C20H21N3O4S. The van der Waals surface area contributed by atoms with Crippen molar-refractivity contribution in [1.29, 1.82) is 0 Å². The van der Waals surface area contributed by atoms with Crippen molar-refractivity contribution in [1.82, 2.24) is 10.2 Å². The van der Waals surface area contributed by atoms with Gasteiger partial charge in [0.2, 0.25) is 5.12 Å². The fraction of sp³-hybridized carbons (Fsp3) is 0.250. The monoisotopic (exact) mass is 399 g/mol. The summed E-state index contributed by atoms with van der Waals surface area (Å²) in [5, 5.41) is 5.01. The molecule has 0 saturated carbocycles. The normalized spacial score (nSPS) is 15.8. The van der Waals surface area contributed by atoms with Crippen molar-refractivity contribution in [2.24, 2.45) is 0 Å². The van der Waals surface area contributed by atoms with E-state index in [0.717, 1.165) is 11.3 Å². The first-order valence-corrected chi connectivity index (χ1v) is 9.64. The number of hydrogen-bond donors (Lipinski definition) is 2. The molecule has 0 aliphatic carbocycles. The maximum atomic E-state index is 12.1. The Balaban J connectivity index is 1.41. The van der Waals surface area contributed by atoms with Crippen LogP contribution in [-0.2, 0) is 11.2 Å². The molecule has 1 fully saturated rings. The molecule has 7 nitrogen and oxygen atoms in total. The molecule has 28 heavy (non-hydrogen) atoms. The van der Waals surface area contributed by atoms with Crippen LogP contribution in [0.4, 0.5) is 15.3 Å². The number of rotatable bonds is 7. The van der Waals surface area contributed by atoms with E-state index in [1.54, 1.807) is 11.9 Å². The van der Waals surface area contributed by atoms with Crippen LogP contribution in [0, 0.1) is 0 Å². The Morgan fingerprint density at radius 1 is 1.14 bits per heavy atom. The smallest absolute Gasteiger partial charge is 0.321 e. The molecule has 2 aromatic carbocycles. The molecule has 1 heterocycles. The number of thioether (sulfide) groups is 1. The van der Waals surface area contributed by atoms with Crippen LogP contribution in [0.3, 0.4) is 0 Å². The third kappa shape index (κ3) is 5.50. The van der Waals surface area contributed by atoms with Gasteiger partial charge >= 0.3 is 6.03 Å². The van der Waals surface area contributed by atoms with E-state index < -0.39 is 6.04 Å². The number of carbonyl (C=O) groups excluding carboxylic acids is 3. The van der Waals surface area contributed by atoms with Crippen LogP contribution in [-0.4, -0.2) is 47.5 Å². The Morgan fingerprint density at radius 3 is 2.50 bits per heavy atom. The fourth-order valence-electron chi connectivity index (χ4n) is 2.63. The highest BCUT2D eigenvalue weighted by molar-refractivity contribution is 8.26. The van der Waals surface area contributed by atoms with Crippen LogP contribution in [0.25, 0.3) is 0 Å². The summed E-state index contributed by atoms with van der Waals surface area (Å²) in [5.74, 6) is 0.678. The van der Waals surface area contributed by atoms with E-state index in [9.17, 15) is 14.4 Å². The minimum absolute atomic E-state index is 0.151. The Bertz CT molecular complexity index is 842. The van der Waals surface area contributed by atoms with E-state index in [2.05, 4.69) is 10.6 Å². The minimum Gasteiger partial charge on any atom is -0.492 e. The van der Waals surface area contributed by atoms with Gasteiger partial charge in [0.25, 0.3) is 5.24 Å². The van der Waals surface area contributed by atoms with E-state index in [1.165, 1.54) is 0 Å². The van der Waals surface area contributed by atoms with Gasteiger partial charge in [-0.15, -0.1) is 0 Å². The zero-order valence-electron chi connectivity index (χ0n) is 15.4. The van der Waals surface area contributed by atoms with Gasteiger partial charge in [-0.2, -0.15) is 0 Å². The summed E-state index contributed by atoms with van der Waals surface area (Å²) in [4.78, 5) is 36.5. The van der Waals surface area contributed by atoms with Crippen LogP contribution in [0.1, 0.15) is 5.56 Å². The first-order valence-electron chi connectivity index (χ1n) is 8.82. The molecule has 3 amide bonds. The number of anilines is 1.